The number of aryl methyl sites for hydroxylation is 3. The highest BCUT2D eigenvalue weighted by atomic mass is 79.9. The normalized spacial score (nSPS) is 17.4. The molecule has 0 aliphatic carbocycles. The van der Waals surface area contributed by atoms with Gasteiger partial charge in [0.05, 0.1) is 6.10 Å². The number of hydrogen-bond donors (Lipinski definition) is 0. The Balaban J connectivity index is 1.79. The van der Waals surface area contributed by atoms with E-state index >= 15 is 0 Å². The number of rotatable bonds is 6. The Labute approximate surface area is 160 Å². The van der Waals surface area contributed by atoms with E-state index in [2.05, 4.69) is 78.0 Å². The summed E-state index contributed by atoms with van der Waals surface area (Å²) in [5.74, 6) is 0. The molecule has 1 aliphatic rings. The molecule has 1 heterocycles. The van der Waals surface area contributed by atoms with Gasteiger partial charge in [-0.05, 0) is 61.9 Å². The molecule has 3 heteroatoms. The van der Waals surface area contributed by atoms with E-state index in [4.69, 9.17) is 4.74 Å². The van der Waals surface area contributed by atoms with Crippen molar-refractivity contribution in [1.29, 1.82) is 0 Å². The van der Waals surface area contributed by atoms with E-state index in [0.717, 1.165) is 26.2 Å². The molecule has 1 fully saturated rings. The lowest BCUT2D eigenvalue weighted by atomic mass is 10.0. The van der Waals surface area contributed by atoms with Crippen LogP contribution in [-0.4, -0.2) is 24.2 Å². The van der Waals surface area contributed by atoms with Gasteiger partial charge in [0.15, 0.2) is 0 Å². The van der Waals surface area contributed by atoms with Crippen LogP contribution in [0.5, 0.6) is 0 Å². The quantitative estimate of drug-likeness (QED) is 0.628. The Morgan fingerprint density at radius 2 is 1.72 bits per heavy atom. The summed E-state index contributed by atoms with van der Waals surface area (Å²) in [7, 11) is 0. The third-order valence-electron chi connectivity index (χ3n) is 4.99. The largest absolute Gasteiger partial charge is 0.377 e. The molecule has 1 atom stereocenters. The first kappa shape index (κ1) is 18.6. The van der Waals surface area contributed by atoms with Crippen molar-refractivity contribution >= 4 is 15.9 Å². The number of hydrogen-bond acceptors (Lipinski definition) is 2. The van der Waals surface area contributed by atoms with E-state index in [1.165, 1.54) is 45.1 Å². The van der Waals surface area contributed by atoms with Crippen LogP contribution in [0.1, 0.15) is 40.7 Å². The van der Waals surface area contributed by atoms with Gasteiger partial charge in [0.25, 0.3) is 0 Å². The fourth-order valence-corrected chi connectivity index (χ4v) is 4.11. The smallest absolute Gasteiger partial charge is 0.0703 e. The second-order valence-corrected chi connectivity index (χ2v) is 8.18. The van der Waals surface area contributed by atoms with Crippen molar-refractivity contribution in [3.8, 4) is 0 Å². The van der Waals surface area contributed by atoms with Crippen molar-refractivity contribution in [2.75, 3.05) is 13.2 Å². The van der Waals surface area contributed by atoms with E-state index in [1.54, 1.807) is 0 Å². The Kier molecular flexibility index (Phi) is 6.32. The van der Waals surface area contributed by atoms with Gasteiger partial charge in [-0.1, -0.05) is 51.8 Å². The maximum absolute atomic E-state index is 5.91. The highest BCUT2D eigenvalue weighted by Crippen LogP contribution is 2.23. The van der Waals surface area contributed by atoms with Gasteiger partial charge in [-0.25, -0.2) is 0 Å². The van der Waals surface area contributed by atoms with Crippen molar-refractivity contribution in [2.45, 2.75) is 52.8 Å². The number of nitrogens with zero attached hydrogens (tertiary/aromatic N) is 1. The minimum atomic E-state index is 0.370. The summed E-state index contributed by atoms with van der Waals surface area (Å²) in [6.07, 6.45) is 2.74. The molecule has 0 N–H and O–H groups in total. The van der Waals surface area contributed by atoms with Crippen molar-refractivity contribution < 1.29 is 4.74 Å². The molecule has 3 rings (SSSR count). The van der Waals surface area contributed by atoms with E-state index in [-0.39, 0.29) is 0 Å². The summed E-state index contributed by atoms with van der Waals surface area (Å²) in [5, 5.41) is 0. The molecule has 0 radical (unpaired) electrons. The molecule has 1 saturated heterocycles. The molecular formula is C22H28BrNO. The third-order valence-corrected chi connectivity index (χ3v) is 5.73. The fraction of sp³-hybridized carbons (Fsp3) is 0.455. The summed E-state index contributed by atoms with van der Waals surface area (Å²) in [6, 6.07) is 13.4. The van der Waals surface area contributed by atoms with Crippen molar-refractivity contribution in [3.63, 3.8) is 0 Å². The third kappa shape index (κ3) is 5.16. The highest BCUT2D eigenvalue weighted by molar-refractivity contribution is 9.10. The highest BCUT2D eigenvalue weighted by Gasteiger charge is 2.20. The molecule has 0 bridgehead atoms. The van der Waals surface area contributed by atoms with Crippen LogP contribution in [-0.2, 0) is 17.8 Å². The van der Waals surface area contributed by atoms with Gasteiger partial charge in [0, 0.05) is 30.7 Å². The molecule has 0 saturated carbocycles. The Morgan fingerprint density at radius 1 is 1.00 bits per heavy atom. The van der Waals surface area contributed by atoms with Gasteiger partial charge in [0.1, 0.15) is 0 Å². The second-order valence-electron chi connectivity index (χ2n) is 7.33. The van der Waals surface area contributed by atoms with Gasteiger partial charge < -0.3 is 4.74 Å². The molecule has 1 aliphatic heterocycles. The Morgan fingerprint density at radius 3 is 2.44 bits per heavy atom. The molecule has 0 amide bonds. The second kappa shape index (κ2) is 8.48. The molecule has 0 aromatic heterocycles. The average molecular weight is 402 g/mol. The lowest BCUT2D eigenvalue weighted by Crippen LogP contribution is -2.31. The molecule has 25 heavy (non-hydrogen) atoms. The first-order valence-corrected chi connectivity index (χ1v) is 9.95. The van der Waals surface area contributed by atoms with Gasteiger partial charge in [-0.3, -0.25) is 4.90 Å². The minimum Gasteiger partial charge on any atom is -0.377 e. The molecular weight excluding hydrogens is 374 g/mol. The van der Waals surface area contributed by atoms with Gasteiger partial charge in [0.2, 0.25) is 0 Å². The molecule has 1 unspecified atom stereocenters. The number of ether oxygens (including phenoxy) is 1. The van der Waals surface area contributed by atoms with Gasteiger partial charge in [-0.2, -0.15) is 0 Å². The number of benzene rings is 2. The SMILES string of the molecule is Cc1ccc(CN(Cc2cc(C)ccc2C)CC2CCCO2)c(Br)c1. The molecule has 2 aromatic carbocycles. The summed E-state index contributed by atoms with van der Waals surface area (Å²) >= 11 is 3.74. The molecule has 0 spiro atoms. The lowest BCUT2D eigenvalue weighted by Gasteiger charge is -2.27. The van der Waals surface area contributed by atoms with Crippen LogP contribution < -0.4 is 0 Å². The maximum atomic E-state index is 5.91. The molecule has 2 nitrogen and oxygen atoms in total. The van der Waals surface area contributed by atoms with Gasteiger partial charge >= 0.3 is 0 Å². The zero-order valence-electron chi connectivity index (χ0n) is 15.5. The van der Waals surface area contributed by atoms with Crippen LogP contribution >= 0.6 is 15.9 Å². The summed E-state index contributed by atoms with van der Waals surface area (Å²) in [4.78, 5) is 2.53. The van der Waals surface area contributed by atoms with E-state index in [0.29, 0.717) is 6.10 Å². The number of halogens is 1. The van der Waals surface area contributed by atoms with Gasteiger partial charge in [-0.15, -0.1) is 0 Å². The maximum Gasteiger partial charge on any atom is 0.0703 e. The van der Waals surface area contributed by atoms with Crippen LogP contribution in [0.25, 0.3) is 0 Å². The lowest BCUT2D eigenvalue weighted by molar-refractivity contribution is 0.0677. The first-order valence-electron chi connectivity index (χ1n) is 9.16. The van der Waals surface area contributed by atoms with Crippen LogP contribution in [0.3, 0.4) is 0 Å². The zero-order valence-corrected chi connectivity index (χ0v) is 17.1. The van der Waals surface area contributed by atoms with E-state index in [9.17, 15) is 0 Å². The van der Waals surface area contributed by atoms with Crippen LogP contribution in [0, 0.1) is 20.8 Å². The summed E-state index contributed by atoms with van der Waals surface area (Å²) < 4.78 is 7.11. The fourth-order valence-electron chi connectivity index (χ4n) is 3.49. The average Bonchev–Trinajstić information content (AvgIpc) is 3.06. The molecule has 134 valence electrons. The minimum absolute atomic E-state index is 0.370. The standard InChI is InChI=1S/C22H28BrNO/c1-16-6-8-18(3)20(11-16)14-24(15-21-5-4-10-25-21)13-19-9-7-17(2)12-22(19)23/h6-9,11-12,21H,4-5,10,13-15H2,1-3H3. The zero-order chi connectivity index (χ0) is 17.8. The predicted octanol–water partition coefficient (Wildman–Crippen LogP) is 5.56. The van der Waals surface area contributed by atoms with Crippen molar-refractivity contribution in [1.82, 2.24) is 4.90 Å². The van der Waals surface area contributed by atoms with E-state index < -0.39 is 0 Å². The monoisotopic (exact) mass is 401 g/mol. The van der Waals surface area contributed by atoms with Crippen molar-refractivity contribution in [3.05, 3.63) is 68.7 Å². The first-order chi connectivity index (χ1) is 12.0. The van der Waals surface area contributed by atoms with Crippen LogP contribution in [0.15, 0.2) is 40.9 Å². The van der Waals surface area contributed by atoms with Crippen LogP contribution in [0.4, 0.5) is 0 Å². The van der Waals surface area contributed by atoms with Crippen molar-refractivity contribution in [2.24, 2.45) is 0 Å². The Hall–Kier alpha value is -1.16. The molecule has 2 aromatic rings. The summed E-state index contributed by atoms with van der Waals surface area (Å²) in [5.41, 5.74) is 6.74. The predicted molar refractivity (Wildman–Crippen MR) is 108 cm³/mol. The van der Waals surface area contributed by atoms with Crippen LogP contribution in [0.2, 0.25) is 0 Å². The Bertz CT molecular complexity index is 722. The van der Waals surface area contributed by atoms with E-state index in [1.807, 2.05) is 0 Å². The summed E-state index contributed by atoms with van der Waals surface area (Å²) in [6.45, 7) is 10.3. The topological polar surface area (TPSA) is 12.5 Å².